The summed E-state index contributed by atoms with van der Waals surface area (Å²) in [6, 6.07) is 0.628. The zero-order chi connectivity index (χ0) is 9.80. The smallest absolute Gasteiger partial charge is 0.111 e. The first-order valence-electron chi connectivity index (χ1n) is 5.61. The van der Waals surface area contributed by atoms with Crippen LogP contribution in [0.3, 0.4) is 0 Å². The Hall–Kier alpha value is -0.540. The molecule has 0 amide bonds. The van der Waals surface area contributed by atoms with Gasteiger partial charge < -0.3 is 10.1 Å². The third-order valence-corrected chi connectivity index (χ3v) is 2.94. The summed E-state index contributed by atoms with van der Waals surface area (Å²) < 4.78 is 5.57. The minimum Gasteiger partial charge on any atom is -0.497 e. The summed E-state index contributed by atoms with van der Waals surface area (Å²) in [5.74, 6) is 0. The standard InChI is InChI=1S/C11H20N2O/c1-10-8-13(6-5-12-10)9-11-4-2-3-7-14-11/h3,7,10-12H,2,4-6,8-9H2,1H3. The molecule has 0 aliphatic carbocycles. The van der Waals surface area contributed by atoms with Crippen LogP contribution in [0.5, 0.6) is 0 Å². The Morgan fingerprint density at radius 3 is 3.21 bits per heavy atom. The molecule has 14 heavy (non-hydrogen) atoms. The maximum absolute atomic E-state index is 5.57. The van der Waals surface area contributed by atoms with Crippen molar-refractivity contribution in [3.8, 4) is 0 Å². The van der Waals surface area contributed by atoms with Crippen LogP contribution in [0.4, 0.5) is 0 Å². The van der Waals surface area contributed by atoms with Gasteiger partial charge in [-0.1, -0.05) is 0 Å². The van der Waals surface area contributed by atoms with Crippen molar-refractivity contribution < 1.29 is 4.74 Å². The van der Waals surface area contributed by atoms with Gasteiger partial charge in [0.25, 0.3) is 0 Å². The Morgan fingerprint density at radius 2 is 2.50 bits per heavy atom. The second-order valence-electron chi connectivity index (χ2n) is 4.32. The van der Waals surface area contributed by atoms with Gasteiger partial charge >= 0.3 is 0 Å². The highest BCUT2D eigenvalue weighted by Crippen LogP contribution is 2.12. The van der Waals surface area contributed by atoms with Gasteiger partial charge in [-0.2, -0.15) is 0 Å². The third kappa shape index (κ3) is 2.72. The van der Waals surface area contributed by atoms with E-state index >= 15 is 0 Å². The lowest BCUT2D eigenvalue weighted by Crippen LogP contribution is -2.51. The minimum atomic E-state index is 0.422. The molecule has 2 aliphatic rings. The van der Waals surface area contributed by atoms with E-state index in [1.54, 1.807) is 0 Å². The molecular weight excluding hydrogens is 176 g/mol. The summed E-state index contributed by atoms with van der Waals surface area (Å²) in [7, 11) is 0. The van der Waals surface area contributed by atoms with Crippen molar-refractivity contribution in [1.29, 1.82) is 0 Å². The highest BCUT2D eigenvalue weighted by Gasteiger charge is 2.20. The van der Waals surface area contributed by atoms with Crippen LogP contribution in [0.15, 0.2) is 12.3 Å². The topological polar surface area (TPSA) is 24.5 Å². The molecule has 3 nitrogen and oxygen atoms in total. The van der Waals surface area contributed by atoms with Gasteiger partial charge in [0, 0.05) is 32.2 Å². The molecule has 0 spiro atoms. The molecule has 0 saturated carbocycles. The molecule has 2 atom stereocenters. The van der Waals surface area contributed by atoms with Gasteiger partial charge in [-0.3, -0.25) is 4.90 Å². The molecule has 0 bridgehead atoms. The Morgan fingerprint density at radius 1 is 1.57 bits per heavy atom. The van der Waals surface area contributed by atoms with E-state index in [0.29, 0.717) is 12.1 Å². The average Bonchev–Trinajstić information content (AvgIpc) is 2.19. The lowest BCUT2D eigenvalue weighted by molar-refractivity contribution is 0.0680. The molecular formula is C11H20N2O. The maximum atomic E-state index is 5.57. The summed E-state index contributed by atoms with van der Waals surface area (Å²) >= 11 is 0. The average molecular weight is 196 g/mol. The predicted molar refractivity (Wildman–Crippen MR) is 57.2 cm³/mol. The number of piperazine rings is 1. The molecule has 1 saturated heterocycles. The fourth-order valence-corrected chi connectivity index (χ4v) is 2.19. The van der Waals surface area contributed by atoms with Crippen molar-refractivity contribution in [3.05, 3.63) is 12.3 Å². The second kappa shape index (κ2) is 4.80. The summed E-state index contributed by atoms with van der Waals surface area (Å²) in [6.45, 7) is 6.77. The number of hydrogen-bond donors (Lipinski definition) is 1. The lowest BCUT2D eigenvalue weighted by atomic mass is 10.1. The number of ether oxygens (including phenoxy) is 1. The van der Waals surface area contributed by atoms with Crippen LogP contribution >= 0.6 is 0 Å². The van der Waals surface area contributed by atoms with E-state index in [2.05, 4.69) is 23.2 Å². The lowest BCUT2D eigenvalue weighted by Gasteiger charge is -2.34. The van der Waals surface area contributed by atoms with Crippen LogP contribution in [0.2, 0.25) is 0 Å². The maximum Gasteiger partial charge on any atom is 0.111 e. The van der Waals surface area contributed by atoms with Crippen LogP contribution in [0, 0.1) is 0 Å². The zero-order valence-electron chi connectivity index (χ0n) is 8.91. The summed E-state index contributed by atoms with van der Waals surface area (Å²) in [5, 5.41) is 3.45. The van der Waals surface area contributed by atoms with Gasteiger partial charge in [0.2, 0.25) is 0 Å². The molecule has 2 unspecified atom stereocenters. The SMILES string of the molecule is CC1CN(CC2CCC=CO2)CCN1. The fraction of sp³-hybridized carbons (Fsp3) is 0.818. The third-order valence-electron chi connectivity index (χ3n) is 2.94. The number of hydrogen-bond acceptors (Lipinski definition) is 3. The van der Waals surface area contributed by atoms with Gasteiger partial charge in [0.1, 0.15) is 6.10 Å². The van der Waals surface area contributed by atoms with E-state index in [-0.39, 0.29) is 0 Å². The molecule has 1 N–H and O–H groups in total. The summed E-state index contributed by atoms with van der Waals surface area (Å²) in [4.78, 5) is 2.50. The fourth-order valence-electron chi connectivity index (χ4n) is 2.19. The second-order valence-corrected chi connectivity index (χ2v) is 4.32. The number of nitrogens with one attached hydrogen (secondary N) is 1. The van der Waals surface area contributed by atoms with E-state index in [0.717, 1.165) is 26.2 Å². The van der Waals surface area contributed by atoms with Crippen molar-refractivity contribution in [2.75, 3.05) is 26.2 Å². The van der Waals surface area contributed by atoms with Crippen molar-refractivity contribution in [3.63, 3.8) is 0 Å². The predicted octanol–water partition coefficient (Wildman–Crippen LogP) is 0.973. The van der Waals surface area contributed by atoms with Gasteiger partial charge in [0.15, 0.2) is 0 Å². The molecule has 3 heteroatoms. The van der Waals surface area contributed by atoms with Gasteiger partial charge in [-0.25, -0.2) is 0 Å². The Balaban J connectivity index is 1.75. The van der Waals surface area contributed by atoms with Gasteiger partial charge in [-0.05, 0) is 25.8 Å². The van der Waals surface area contributed by atoms with Crippen LogP contribution in [-0.2, 0) is 4.74 Å². The molecule has 0 radical (unpaired) electrons. The highest BCUT2D eigenvalue weighted by atomic mass is 16.5. The molecule has 2 rings (SSSR count). The first-order valence-corrected chi connectivity index (χ1v) is 5.61. The normalized spacial score (nSPS) is 34.1. The molecule has 1 fully saturated rings. The first kappa shape index (κ1) is 9.99. The van der Waals surface area contributed by atoms with Gasteiger partial charge in [-0.15, -0.1) is 0 Å². The van der Waals surface area contributed by atoms with Gasteiger partial charge in [0.05, 0.1) is 6.26 Å². The van der Waals surface area contributed by atoms with Crippen LogP contribution in [0.1, 0.15) is 19.8 Å². The van der Waals surface area contributed by atoms with Crippen LogP contribution in [0.25, 0.3) is 0 Å². The molecule has 0 aromatic rings. The van der Waals surface area contributed by atoms with E-state index in [9.17, 15) is 0 Å². The number of allylic oxidation sites excluding steroid dienone is 1. The molecule has 2 heterocycles. The Kier molecular flexibility index (Phi) is 3.43. The van der Waals surface area contributed by atoms with E-state index in [1.165, 1.54) is 12.8 Å². The van der Waals surface area contributed by atoms with Crippen molar-refractivity contribution in [1.82, 2.24) is 10.2 Å². The zero-order valence-corrected chi connectivity index (χ0v) is 8.91. The molecule has 80 valence electrons. The first-order chi connectivity index (χ1) is 6.84. The van der Waals surface area contributed by atoms with E-state index in [1.807, 2.05) is 6.26 Å². The molecule has 0 aromatic heterocycles. The monoisotopic (exact) mass is 196 g/mol. The van der Waals surface area contributed by atoms with Crippen molar-refractivity contribution in [2.24, 2.45) is 0 Å². The largest absolute Gasteiger partial charge is 0.497 e. The van der Waals surface area contributed by atoms with E-state index in [4.69, 9.17) is 4.74 Å². The number of rotatable bonds is 2. The van der Waals surface area contributed by atoms with Crippen molar-refractivity contribution in [2.45, 2.75) is 31.9 Å². The van der Waals surface area contributed by atoms with Crippen molar-refractivity contribution >= 4 is 0 Å². The Bertz CT molecular complexity index is 205. The summed E-state index contributed by atoms with van der Waals surface area (Å²) in [5.41, 5.74) is 0. The number of nitrogens with zero attached hydrogens (tertiary/aromatic N) is 1. The quantitative estimate of drug-likeness (QED) is 0.712. The van der Waals surface area contributed by atoms with Crippen LogP contribution in [-0.4, -0.2) is 43.2 Å². The molecule has 0 aromatic carbocycles. The molecule has 2 aliphatic heterocycles. The minimum absolute atomic E-state index is 0.422. The highest BCUT2D eigenvalue weighted by molar-refractivity contribution is 4.85. The van der Waals surface area contributed by atoms with E-state index < -0.39 is 0 Å². The van der Waals surface area contributed by atoms with Crippen LogP contribution < -0.4 is 5.32 Å². The Labute approximate surface area is 86.1 Å². The summed E-state index contributed by atoms with van der Waals surface area (Å²) in [6.07, 6.45) is 6.74.